The van der Waals surface area contributed by atoms with Gasteiger partial charge < -0.3 is 19.2 Å². The van der Waals surface area contributed by atoms with E-state index in [0.717, 1.165) is 6.42 Å². The number of anilines is 1. The zero-order valence-corrected chi connectivity index (χ0v) is 19.3. The summed E-state index contributed by atoms with van der Waals surface area (Å²) in [6, 6.07) is 13.2. The van der Waals surface area contributed by atoms with Gasteiger partial charge in [-0.3, -0.25) is 4.79 Å². The first-order valence-corrected chi connectivity index (χ1v) is 12.4. The van der Waals surface area contributed by atoms with E-state index in [0.29, 0.717) is 65.8 Å². The Hall–Kier alpha value is -3.79. The van der Waals surface area contributed by atoms with Crippen LogP contribution in [0.5, 0.6) is 11.5 Å². The van der Waals surface area contributed by atoms with Gasteiger partial charge in [0.15, 0.2) is 17.3 Å². The number of amides is 1. The minimum atomic E-state index is -3.80. The van der Waals surface area contributed by atoms with Gasteiger partial charge in [0.25, 0.3) is 15.9 Å². The number of aryl methyl sites for hydroxylation is 1. The number of carbonyl (C=O) groups is 1. The van der Waals surface area contributed by atoms with Gasteiger partial charge in [-0.25, -0.2) is 0 Å². The molecule has 1 amide bonds. The molecule has 0 bridgehead atoms. The standard InChI is InChI=1S/C24H23N3O6S/c1-15-22-18(26-27-34(29,30)17-6-3-2-4-7-17)8-5-9-20(22)33-23(15)24(28)25-16-10-11-19-21(14-16)32-13-12-31-19/h2-4,6-7,10-11,14,27H,5,8-9,12-13H2,1H3,(H,25,28)/b26-18+. The van der Waals surface area contributed by atoms with Gasteiger partial charge >= 0.3 is 0 Å². The highest BCUT2D eigenvalue weighted by Crippen LogP contribution is 2.34. The maximum Gasteiger partial charge on any atom is 0.291 e. The van der Waals surface area contributed by atoms with Crippen molar-refractivity contribution in [1.82, 2.24) is 4.83 Å². The van der Waals surface area contributed by atoms with Crippen LogP contribution in [-0.2, 0) is 16.4 Å². The van der Waals surface area contributed by atoms with Gasteiger partial charge in [0.2, 0.25) is 0 Å². The molecule has 176 valence electrons. The number of hydrazone groups is 1. The number of hydrogen-bond acceptors (Lipinski definition) is 7. The second kappa shape index (κ2) is 8.86. The van der Waals surface area contributed by atoms with Crippen molar-refractivity contribution in [2.75, 3.05) is 18.5 Å². The number of carbonyl (C=O) groups excluding carboxylic acids is 1. The van der Waals surface area contributed by atoms with E-state index in [-0.39, 0.29) is 10.7 Å². The van der Waals surface area contributed by atoms with Crippen LogP contribution in [0.15, 0.2) is 62.9 Å². The molecule has 1 aliphatic carbocycles. The van der Waals surface area contributed by atoms with Gasteiger partial charge in [0.1, 0.15) is 19.0 Å². The molecule has 0 atom stereocenters. The number of nitrogens with zero attached hydrogens (tertiary/aromatic N) is 1. The van der Waals surface area contributed by atoms with E-state index in [4.69, 9.17) is 13.9 Å². The molecule has 0 radical (unpaired) electrons. The lowest BCUT2D eigenvalue weighted by atomic mass is 9.93. The lowest BCUT2D eigenvalue weighted by molar-refractivity contribution is 0.0994. The Morgan fingerprint density at radius 2 is 1.76 bits per heavy atom. The maximum atomic E-state index is 13.0. The number of furan rings is 1. The molecule has 0 fully saturated rings. The van der Waals surface area contributed by atoms with E-state index in [1.165, 1.54) is 12.1 Å². The van der Waals surface area contributed by atoms with Crippen molar-refractivity contribution >= 4 is 27.3 Å². The predicted molar refractivity (Wildman–Crippen MR) is 125 cm³/mol. The predicted octanol–water partition coefficient (Wildman–Crippen LogP) is 3.63. The van der Waals surface area contributed by atoms with Crippen molar-refractivity contribution in [1.29, 1.82) is 0 Å². The molecular formula is C24H23N3O6S. The van der Waals surface area contributed by atoms with Crippen molar-refractivity contribution in [3.63, 3.8) is 0 Å². The van der Waals surface area contributed by atoms with E-state index in [9.17, 15) is 13.2 Å². The van der Waals surface area contributed by atoms with Crippen molar-refractivity contribution in [3.8, 4) is 11.5 Å². The van der Waals surface area contributed by atoms with Crippen LogP contribution >= 0.6 is 0 Å². The van der Waals surface area contributed by atoms with Crippen LogP contribution in [0.2, 0.25) is 0 Å². The normalized spacial score (nSPS) is 16.1. The number of nitrogens with one attached hydrogen (secondary N) is 2. The average molecular weight is 482 g/mol. The highest BCUT2D eigenvalue weighted by atomic mass is 32.2. The van der Waals surface area contributed by atoms with Crippen LogP contribution in [0.1, 0.15) is 40.3 Å². The second-order valence-corrected chi connectivity index (χ2v) is 9.65. The lowest BCUT2D eigenvalue weighted by Crippen LogP contribution is -2.22. The van der Waals surface area contributed by atoms with Gasteiger partial charge in [-0.1, -0.05) is 18.2 Å². The van der Waals surface area contributed by atoms with Gasteiger partial charge in [-0.05, 0) is 44.0 Å². The molecule has 2 aromatic carbocycles. The van der Waals surface area contributed by atoms with Crippen molar-refractivity contribution in [2.45, 2.75) is 31.1 Å². The SMILES string of the molecule is Cc1c(C(=O)Nc2ccc3c(c2)OCCO3)oc2c1/C(=N/NS(=O)(=O)c1ccccc1)CCC2. The molecule has 2 aliphatic rings. The third kappa shape index (κ3) is 4.24. The zero-order chi connectivity index (χ0) is 23.7. The largest absolute Gasteiger partial charge is 0.486 e. The Bertz CT molecular complexity index is 1380. The molecule has 5 rings (SSSR count). The van der Waals surface area contributed by atoms with Crippen LogP contribution in [0.25, 0.3) is 0 Å². The summed E-state index contributed by atoms with van der Waals surface area (Å²) < 4.78 is 42.1. The first kappa shape index (κ1) is 22.0. The minimum Gasteiger partial charge on any atom is -0.486 e. The van der Waals surface area contributed by atoms with E-state index >= 15 is 0 Å². The molecule has 2 heterocycles. The van der Waals surface area contributed by atoms with Crippen LogP contribution < -0.4 is 19.6 Å². The fourth-order valence-corrected chi connectivity index (χ4v) is 4.92. The van der Waals surface area contributed by atoms with E-state index < -0.39 is 15.9 Å². The highest BCUT2D eigenvalue weighted by molar-refractivity contribution is 7.89. The topological polar surface area (TPSA) is 119 Å². The Labute approximate surface area is 196 Å². The Balaban J connectivity index is 1.39. The highest BCUT2D eigenvalue weighted by Gasteiger charge is 2.28. The first-order valence-electron chi connectivity index (χ1n) is 10.9. The van der Waals surface area contributed by atoms with E-state index in [1.54, 1.807) is 43.3 Å². The summed E-state index contributed by atoms with van der Waals surface area (Å²) in [5.74, 6) is 1.58. The molecule has 9 nitrogen and oxygen atoms in total. The first-order chi connectivity index (χ1) is 16.4. The third-order valence-electron chi connectivity index (χ3n) is 5.69. The molecule has 34 heavy (non-hydrogen) atoms. The molecule has 0 unspecified atom stereocenters. The molecule has 1 aliphatic heterocycles. The molecule has 0 saturated carbocycles. The van der Waals surface area contributed by atoms with Gasteiger partial charge in [-0.15, -0.1) is 0 Å². The molecule has 2 N–H and O–H groups in total. The van der Waals surface area contributed by atoms with E-state index in [2.05, 4.69) is 15.2 Å². The molecule has 0 saturated heterocycles. The van der Waals surface area contributed by atoms with Crippen LogP contribution in [-0.4, -0.2) is 33.3 Å². The minimum absolute atomic E-state index is 0.124. The number of ether oxygens (including phenoxy) is 2. The van der Waals surface area contributed by atoms with Crippen molar-refractivity contribution in [2.24, 2.45) is 5.10 Å². The van der Waals surface area contributed by atoms with Crippen LogP contribution in [0, 0.1) is 6.92 Å². The summed E-state index contributed by atoms with van der Waals surface area (Å²) in [7, 11) is -3.80. The van der Waals surface area contributed by atoms with Gasteiger partial charge in [-0.2, -0.15) is 18.4 Å². The quantitative estimate of drug-likeness (QED) is 0.537. The number of benzene rings is 2. The second-order valence-electron chi connectivity index (χ2n) is 7.99. The molecule has 10 heteroatoms. The summed E-state index contributed by atoms with van der Waals surface area (Å²) in [6.45, 7) is 2.71. The summed E-state index contributed by atoms with van der Waals surface area (Å²) in [4.78, 5) is 15.4. The maximum absolute atomic E-state index is 13.0. The fourth-order valence-electron chi connectivity index (χ4n) is 4.07. The molecule has 0 spiro atoms. The van der Waals surface area contributed by atoms with Gasteiger partial charge in [0.05, 0.1) is 10.6 Å². The summed E-state index contributed by atoms with van der Waals surface area (Å²) in [5, 5.41) is 7.03. The Morgan fingerprint density at radius 3 is 2.56 bits per heavy atom. The summed E-state index contributed by atoms with van der Waals surface area (Å²) in [5.41, 5.74) is 2.38. The number of hydrogen-bond donors (Lipinski definition) is 2. The third-order valence-corrected chi connectivity index (χ3v) is 6.91. The molecule has 1 aromatic heterocycles. The monoisotopic (exact) mass is 481 g/mol. The fraction of sp³-hybridized carbons (Fsp3) is 0.250. The number of rotatable bonds is 5. The van der Waals surface area contributed by atoms with Crippen molar-refractivity contribution in [3.05, 3.63) is 71.2 Å². The average Bonchev–Trinajstić information content (AvgIpc) is 3.20. The Morgan fingerprint density at radius 1 is 1.00 bits per heavy atom. The van der Waals surface area contributed by atoms with Crippen LogP contribution in [0.4, 0.5) is 5.69 Å². The van der Waals surface area contributed by atoms with E-state index in [1.807, 2.05) is 0 Å². The molecular weight excluding hydrogens is 458 g/mol. The Kier molecular flexibility index (Phi) is 5.74. The van der Waals surface area contributed by atoms with Crippen LogP contribution in [0.3, 0.4) is 0 Å². The molecule has 3 aromatic rings. The van der Waals surface area contributed by atoms with Crippen molar-refractivity contribution < 1.29 is 27.1 Å². The lowest BCUT2D eigenvalue weighted by Gasteiger charge is -2.18. The number of fused-ring (bicyclic) bond motifs is 2. The summed E-state index contributed by atoms with van der Waals surface area (Å²) >= 11 is 0. The smallest absolute Gasteiger partial charge is 0.291 e. The zero-order valence-electron chi connectivity index (χ0n) is 18.5. The van der Waals surface area contributed by atoms with Gasteiger partial charge in [0, 0.05) is 29.3 Å². The number of sulfonamides is 1. The summed E-state index contributed by atoms with van der Waals surface area (Å²) in [6.07, 6.45) is 1.93.